The Labute approximate surface area is 147 Å². The zero-order valence-electron chi connectivity index (χ0n) is 14.0. The summed E-state index contributed by atoms with van der Waals surface area (Å²) < 4.78 is 5.65. The number of ether oxygens (including phenoxy) is 1. The van der Waals surface area contributed by atoms with Gasteiger partial charge >= 0.3 is 6.03 Å². The summed E-state index contributed by atoms with van der Waals surface area (Å²) in [6.45, 7) is 3.44. The number of aromatic nitrogens is 1. The minimum atomic E-state index is -0.111. The van der Waals surface area contributed by atoms with Crippen LogP contribution in [0.15, 0.2) is 42.7 Å². The summed E-state index contributed by atoms with van der Waals surface area (Å²) in [5, 5.41) is 3.53. The fourth-order valence-corrected chi connectivity index (χ4v) is 2.40. The summed E-state index contributed by atoms with van der Waals surface area (Å²) in [7, 11) is 1.78. The molecule has 0 atom stereocenters. The maximum absolute atomic E-state index is 12.0. The predicted octanol–water partition coefficient (Wildman–Crippen LogP) is 3.31. The molecule has 0 aliphatic rings. The third-order valence-corrected chi connectivity index (χ3v) is 3.84. The molecule has 2 aromatic rings. The summed E-state index contributed by atoms with van der Waals surface area (Å²) in [5.41, 5.74) is 2.13. The van der Waals surface area contributed by atoms with Gasteiger partial charge in [-0.2, -0.15) is 0 Å². The van der Waals surface area contributed by atoms with Crippen LogP contribution in [-0.4, -0.2) is 42.7 Å². The van der Waals surface area contributed by atoms with E-state index in [-0.39, 0.29) is 6.03 Å². The van der Waals surface area contributed by atoms with Crippen molar-refractivity contribution in [1.82, 2.24) is 15.2 Å². The number of amides is 2. The Kier molecular flexibility index (Phi) is 6.88. The first-order valence-electron chi connectivity index (χ1n) is 7.83. The molecule has 1 N–H and O–H groups in total. The molecule has 24 heavy (non-hydrogen) atoms. The fourth-order valence-electron chi connectivity index (χ4n) is 2.18. The highest BCUT2D eigenvalue weighted by Crippen LogP contribution is 2.21. The van der Waals surface area contributed by atoms with Gasteiger partial charge in [0.2, 0.25) is 0 Å². The summed E-state index contributed by atoms with van der Waals surface area (Å²) >= 11 is 5.91. The number of hydrogen-bond donors (Lipinski definition) is 1. The van der Waals surface area contributed by atoms with Crippen LogP contribution in [0.5, 0.6) is 5.75 Å². The Hall–Kier alpha value is -2.27. The third-order valence-electron chi connectivity index (χ3n) is 3.60. The molecule has 0 saturated heterocycles. The number of benzene rings is 1. The van der Waals surface area contributed by atoms with Gasteiger partial charge in [-0.05, 0) is 54.8 Å². The van der Waals surface area contributed by atoms with Crippen molar-refractivity contribution in [3.63, 3.8) is 0 Å². The van der Waals surface area contributed by atoms with E-state index in [1.807, 2.05) is 31.2 Å². The van der Waals surface area contributed by atoms with Crippen molar-refractivity contribution in [2.45, 2.75) is 13.3 Å². The summed E-state index contributed by atoms with van der Waals surface area (Å²) in [6, 6.07) is 9.26. The molecule has 0 saturated carbocycles. The third kappa shape index (κ3) is 5.74. The standard InChI is InChI=1S/C18H22ClN3O2/c1-14-13-16(19)3-4-17(14)24-12-10-21-18(23)22(2)11-7-15-5-8-20-9-6-15/h3-6,8-9,13H,7,10-12H2,1-2H3,(H,21,23). The molecule has 0 spiro atoms. The fraction of sp³-hybridized carbons (Fsp3) is 0.333. The van der Waals surface area contributed by atoms with E-state index in [1.54, 1.807) is 30.4 Å². The highest BCUT2D eigenvalue weighted by atomic mass is 35.5. The number of halogens is 1. The van der Waals surface area contributed by atoms with Crippen molar-refractivity contribution in [1.29, 1.82) is 0 Å². The molecule has 1 aromatic heterocycles. The minimum Gasteiger partial charge on any atom is -0.491 e. The topological polar surface area (TPSA) is 54.5 Å². The molecular formula is C18H22ClN3O2. The Morgan fingerprint density at radius 3 is 2.75 bits per heavy atom. The molecule has 1 heterocycles. The van der Waals surface area contributed by atoms with Gasteiger partial charge in [0, 0.05) is 31.0 Å². The first kappa shape index (κ1) is 18.1. The van der Waals surface area contributed by atoms with E-state index >= 15 is 0 Å². The number of aryl methyl sites for hydroxylation is 1. The average Bonchev–Trinajstić information content (AvgIpc) is 2.58. The minimum absolute atomic E-state index is 0.111. The molecule has 2 amide bonds. The van der Waals surface area contributed by atoms with Crippen LogP contribution in [0.1, 0.15) is 11.1 Å². The van der Waals surface area contributed by atoms with E-state index in [4.69, 9.17) is 16.3 Å². The quantitative estimate of drug-likeness (QED) is 0.782. The lowest BCUT2D eigenvalue weighted by Crippen LogP contribution is -2.40. The van der Waals surface area contributed by atoms with Crippen molar-refractivity contribution < 1.29 is 9.53 Å². The van der Waals surface area contributed by atoms with Gasteiger partial charge in [-0.3, -0.25) is 4.98 Å². The van der Waals surface area contributed by atoms with Gasteiger partial charge in [0.05, 0.1) is 6.54 Å². The lowest BCUT2D eigenvalue weighted by Gasteiger charge is -2.18. The lowest BCUT2D eigenvalue weighted by atomic mass is 10.2. The number of nitrogens with zero attached hydrogens (tertiary/aromatic N) is 2. The van der Waals surface area contributed by atoms with Crippen LogP contribution in [0.4, 0.5) is 4.79 Å². The van der Waals surface area contributed by atoms with Crippen LogP contribution >= 0.6 is 11.6 Å². The van der Waals surface area contributed by atoms with E-state index in [0.717, 1.165) is 23.3 Å². The Morgan fingerprint density at radius 2 is 2.04 bits per heavy atom. The molecule has 0 bridgehead atoms. The van der Waals surface area contributed by atoms with Gasteiger partial charge in [-0.25, -0.2) is 4.79 Å². The van der Waals surface area contributed by atoms with Gasteiger partial charge in [0.1, 0.15) is 12.4 Å². The second-order valence-electron chi connectivity index (χ2n) is 5.52. The van der Waals surface area contributed by atoms with Crippen LogP contribution in [-0.2, 0) is 6.42 Å². The zero-order valence-corrected chi connectivity index (χ0v) is 14.7. The number of urea groups is 1. The van der Waals surface area contributed by atoms with Crippen molar-refractivity contribution in [3.8, 4) is 5.75 Å². The normalized spacial score (nSPS) is 10.3. The number of likely N-dealkylation sites (N-methyl/N-ethyl adjacent to an activating group) is 1. The Bertz CT molecular complexity index is 665. The Morgan fingerprint density at radius 1 is 1.29 bits per heavy atom. The summed E-state index contributed by atoms with van der Waals surface area (Å²) in [6.07, 6.45) is 4.31. The molecule has 2 rings (SSSR count). The largest absolute Gasteiger partial charge is 0.491 e. The second-order valence-corrected chi connectivity index (χ2v) is 5.95. The van der Waals surface area contributed by atoms with E-state index in [9.17, 15) is 4.79 Å². The van der Waals surface area contributed by atoms with Crippen LogP contribution < -0.4 is 10.1 Å². The molecule has 0 fully saturated rings. The van der Waals surface area contributed by atoms with E-state index < -0.39 is 0 Å². The summed E-state index contributed by atoms with van der Waals surface area (Å²) in [4.78, 5) is 17.7. The van der Waals surface area contributed by atoms with Crippen molar-refractivity contribution >= 4 is 17.6 Å². The average molecular weight is 348 g/mol. The van der Waals surface area contributed by atoms with Crippen molar-refractivity contribution in [2.75, 3.05) is 26.7 Å². The molecule has 6 heteroatoms. The maximum Gasteiger partial charge on any atom is 0.317 e. The van der Waals surface area contributed by atoms with E-state index in [2.05, 4.69) is 10.3 Å². The number of carbonyl (C=O) groups excluding carboxylic acids is 1. The van der Waals surface area contributed by atoms with Gasteiger partial charge in [-0.15, -0.1) is 0 Å². The predicted molar refractivity (Wildman–Crippen MR) is 95.7 cm³/mol. The molecule has 0 aliphatic heterocycles. The Balaban J connectivity index is 1.67. The van der Waals surface area contributed by atoms with Gasteiger partial charge in [-0.1, -0.05) is 11.6 Å². The zero-order chi connectivity index (χ0) is 17.4. The number of nitrogens with one attached hydrogen (secondary N) is 1. The molecule has 1 aromatic carbocycles. The second kappa shape index (κ2) is 9.13. The smallest absolute Gasteiger partial charge is 0.317 e. The van der Waals surface area contributed by atoms with Gasteiger partial charge < -0.3 is 15.0 Å². The van der Waals surface area contributed by atoms with Crippen molar-refractivity contribution in [3.05, 3.63) is 58.9 Å². The highest BCUT2D eigenvalue weighted by Gasteiger charge is 2.08. The molecule has 5 nitrogen and oxygen atoms in total. The molecule has 128 valence electrons. The summed E-state index contributed by atoms with van der Waals surface area (Å²) in [5.74, 6) is 0.777. The number of hydrogen-bond acceptors (Lipinski definition) is 3. The van der Waals surface area contributed by atoms with E-state index in [0.29, 0.717) is 24.7 Å². The van der Waals surface area contributed by atoms with Crippen molar-refractivity contribution in [2.24, 2.45) is 0 Å². The number of pyridine rings is 1. The molecule has 0 unspecified atom stereocenters. The molecule has 0 aliphatic carbocycles. The molecular weight excluding hydrogens is 326 g/mol. The lowest BCUT2D eigenvalue weighted by molar-refractivity contribution is 0.206. The van der Waals surface area contributed by atoms with Crippen LogP contribution in [0.2, 0.25) is 5.02 Å². The van der Waals surface area contributed by atoms with Gasteiger partial charge in [0.25, 0.3) is 0 Å². The number of rotatable bonds is 7. The maximum atomic E-state index is 12.0. The first-order valence-corrected chi connectivity index (χ1v) is 8.21. The number of carbonyl (C=O) groups is 1. The van der Waals surface area contributed by atoms with Gasteiger partial charge in [0.15, 0.2) is 0 Å². The van der Waals surface area contributed by atoms with Crippen LogP contribution in [0.3, 0.4) is 0 Å². The first-order chi connectivity index (χ1) is 11.6. The SMILES string of the molecule is Cc1cc(Cl)ccc1OCCNC(=O)N(C)CCc1ccncc1. The van der Waals surface area contributed by atoms with E-state index in [1.165, 1.54) is 0 Å². The molecule has 0 radical (unpaired) electrons. The van der Waals surface area contributed by atoms with Crippen LogP contribution in [0.25, 0.3) is 0 Å². The van der Waals surface area contributed by atoms with Crippen LogP contribution in [0, 0.1) is 6.92 Å². The highest BCUT2D eigenvalue weighted by molar-refractivity contribution is 6.30. The monoisotopic (exact) mass is 347 g/mol.